The standard InChI is InChI=1S/C14H13O2S/c1-17(15)14-10-6-5-9-13(14)16-11-12-7-3-2-4-8-12/h2-8,10H,11H2,1H3. The average Bonchev–Trinajstić information content (AvgIpc) is 2.38. The van der Waals surface area contributed by atoms with Crippen molar-refractivity contribution in [2.45, 2.75) is 11.5 Å². The van der Waals surface area contributed by atoms with Crippen LogP contribution in [0.3, 0.4) is 0 Å². The van der Waals surface area contributed by atoms with E-state index in [0.29, 0.717) is 17.3 Å². The van der Waals surface area contributed by atoms with Gasteiger partial charge < -0.3 is 9.29 Å². The summed E-state index contributed by atoms with van der Waals surface area (Å²) in [5.74, 6) is 0.567. The number of para-hydroxylation sites is 1. The molecule has 2 rings (SSSR count). The lowest BCUT2D eigenvalue weighted by atomic mass is 10.2. The van der Waals surface area contributed by atoms with Crippen LogP contribution in [-0.4, -0.2) is 10.8 Å². The number of rotatable bonds is 4. The predicted octanol–water partition coefficient (Wildman–Crippen LogP) is 2.80. The summed E-state index contributed by atoms with van der Waals surface area (Å²) in [6.07, 6.45) is 1.64. The van der Waals surface area contributed by atoms with Crippen molar-refractivity contribution >= 4 is 11.2 Å². The van der Waals surface area contributed by atoms with Gasteiger partial charge in [-0.15, -0.1) is 0 Å². The Labute approximate surface area is 104 Å². The number of ether oxygens (including phenoxy) is 1. The van der Waals surface area contributed by atoms with E-state index in [1.54, 1.807) is 18.4 Å². The lowest BCUT2D eigenvalue weighted by Gasteiger charge is -2.11. The Bertz CT molecular complexity index is 469. The SMILES string of the molecule is C[S+]([O-])c1ccc[c]c1OCc1ccccc1. The summed E-state index contributed by atoms with van der Waals surface area (Å²) in [5.41, 5.74) is 1.08. The van der Waals surface area contributed by atoms with Crippen LogP contribution in [0.25, 0.3) is 0 Å². The largest absolute Gasteiger partial charge is 0.612 e. The molecule has 0 aliphatic rings. The van der Waals surface area contributed by atoms with E-state index in [1.807, 2.05) is 36.4 Å². The highest BCUT2D eigenvalue weighted by molar-refractivity contribution is 7.90. The highest BCUT2D eigenvalue weighted by Gasteiger charge is 2.12. The number of benzene rings is 2. The molecule has 0 aliphatic heterocycles. The van der Waals surface area contributed by atoms with Crippen LogP contribution in [0.4, 0.5) is 0 Å². The van der Waals surface area contributed by atoms with Gasteiger partial charge in [0.25, 0.3) is 0 Å². The van der Waals surface area contributed by atoms with Crippen molar-refractivity contribution in [3.8, 4) is 5.75 Å². The van der Waals surface area contributed by atoms with E-state index in [1.165, 1.54) is 0 Å². The molecule has 0 amide bonds. The summed E-state index contributed by atoms with van der Waals surface area (Å²) in [4.78, 5) is 0.684. The summed E-state index contributed by atoms with van der Waals surface area (Å²) >= 11 is -1.05. The Morgan fingerprint density at radius 2 is 1.94 bits per heavy atom. The van der Waals surface area contributed by atoms with Gasteiger partial charge in [0.05, 0.1) is 0 Å². The van der Waals surface area contributed by atoms with Gasteiger partial charge in [0.2, 0.25) is 0 Å². The van der Waals surface area contributed by atoms with Crippen LogP contribution in [0.15, 0.2) is 53.4 Å². The van der Waals surface area contributed by atoms with E-state index in [9.17, 15) is 4.55 Å². The van der Waals surface area contributed by atoms with Crippen molar-refractivity contribution in [3.63, 3.8) is 0 Å². The van der Waals surface area contributed by atoms with Gasteiger partial charge in [-0.25, -0.2) is 0 Å². The third kappa shape index (κ3) is 3.25. The van der Waals surface area contributed by atoms with Gasteiger partial charge in [0.15, 0.2) is 10.6 Å². The van der Waals surface area contributed by atoms with Crippen molar-refractivity contribution in [1.29, 1.82) is 0 Å². The maximum absolute atomic E-state index is 11.5. The molecular formula is C14H13O2S. The molecule has 2 aromatic rings. The molecule has 0 saturated heterocycles. The van der Waals surface area contributed by atoms with Crippen molar-refractivity contribution < 1.29 is 9.29 Å². The number of hydrogen-bond acceptors (Lipinski definition) is 2. The molecule has 0 bridgehead atoms. The predicted molar refractivity (Wildman–Crippen MR) is 68.4 cm³/mol. The Balaban J connectivity index is 2.09. The van der Waals surface area contributed by atoms with Gasteiger partial charge in [-0.3, -0.25) is 0 Å². The quantitative estimate of drug-likeness (QED) is 0.776. The van der Waals surface area contributed by atoms with Crippen LogP contribution >= 0.6 is 0 Å². The Kier molecular flexibility index (Phi) is 4.07. The lowest BCUT2D eigenvalue weighted by molar-refractivity contribution is 0.297. The molecule has 0 heterocycles. The van der Waals surface area contributed by atoms with Crippen LogP contribution in [-0.2, 0) is 17.8 Å². The van der Waals surface area contributed by atoms with E-state index < -0.39 is 11.2 Å². The van der Waals surface area contributed by atoms with E-state index in [-0.39, 0.29) is 0 Å². The van der Waals surface area contributed by atoms with Crippen molar-refractivity contribution in [2.75, 3.05) is 6.26 Å². The van der Waals surface area contributed by atoms with E-state index in [4.69, 9.17) is 4.74 Å². The zero-order chi connectivity index (χ0) is 12.1. The summed E-state index contributed by atoms with van der Waals surface area (Å²) in [7, 11) is 0. The van der Waals surface area contributed by atoms with E-state index >= 15 is 0 Å². The van der Waals surface area contributed by atoms with Crippen molar-refractivity contribution in [1.82, 2.24) is 0 Å². The lowest BCUT2D eigenvalue weighted by Crippen LogP contribution is -2.03. The fraction of sp³-hybridized carbons (Fsp3) is 0.143. The zero-order valence-corrected chi connectivity index (χ0v) is 10.4. The van der Waals surface area contributed by atoms with Gasteiger partial charge in [-0.1, -0.05) is 42.5 Å². The van der Waals surface area contributed by atoms with Gasteiger partial charge in [0.1, 0.15) is 12.9 Å². The third-order valence-electron chi connectivity index (χ3n) is 2.32. The maximum atomic E-state index is 11.5. The highest BCUT2D eigenvalue weighted by Crippen LogP contribution is 2.23. The fourth-order valence-corrected chi connectivity index (χ4v) is 2.12. The van der Waals surface area contributed by atoms with Crippen LogP contribution in [0, 0.1) is 6.07 Å². The molecule has 87 valence electrons. The van der Waals surface area contributed by atoms with Gasteiger partial charge >= 0.3 is 0 Å². The average molecular weight is 245 g/mol. The third-order valence-corrected chi connectivity index (χ3v) is 3.26. The second-order valence-electron chi connectivity index (χ2n) is 3.59. The topological polar surface area (TPSA) is 32.3 Å². The van der Waals surface area contributed by atoms with Gasteiger partial charge in [-0.05, 0) is 22.8 Å². The first kappa shape index (κ1) is 12.0. The zero-order valence-electron chi connectivity index (χ0n) is 9.55. The Morgan fingerprint density at radius 3 is 2.65 bits per heavy atom. The smallest absolute Gasteiger partial charge is 0.194 e. The Morgan fingerprint density at radius 1 is 1.18 bits per heavy atom. The molecule has 0 aromatic heterocycles. The molecule has 17 heavy (non-hydrogen) atoms. The maximum Gasteiger partial charge on any atom is 0.194 e. The molecule has 3 heteroatoms. The van der Waals surface area contributed by atoms with E-state index in [2.05, 4.69) is 6.07 Å². The molecule has 0 fully saturated rings. The van der Waals surface area contributed by atoms with Crippen LogP contribution in [0.1, 0.15) is 5.56 Å². The Hall–Kier alpha value is -1.45. The minimum Gasteiger partial charge on any atom is -0.612 e. The molecule has 0 N–H and O–H groups in total. The second-order valence-corrected chi connectivity index (χ2v) is 4.94. The van der Waals surface area contributed by atoms with Crippen LogP contribution in [0.2, 0.25) is 0 Å². The molecular weight excluding hydrogens is 232 g/mol. The molecule has 1 radical (unpaired) electrons. The highest BCUT2D eigenvalue weighted by atomic mass is 32.2. The molecule has 1 unspecified atom stereocenters. The first-order chi connectivity index (χ1) is 8.27. The number of hydrogen-bond donors (Lipinski definition) is 0. The normalized spacial score (nSPS) is 12.1. The summed E-state index contributed by atoms with van der Waals surface area (Å²) in [6.45, 7) is 0.464. The molecule has 0 saturated carbocycles. The summed E-state index contributed by atoms with van der Waals surface area (Å²) < 4.78 is 17.1. The molecule has 0 spiro atoms. The fourth-order valence-electron chi connectivity index (χ4n) is 1.48. The minimum absolute atomic E-state index is 0.464. The monoisotopic (exact) mass is 245 g/mol. The molecule has 1 atom stereocenters. The van der Waals surface area contributed by atoms with Gasteiger partial charge in [-0.2, -0.15) is 0 Å². The van der Waals surface area contributed by atoms with Crippen LogP contribution in [0.5, 0.6) is 5.75 Å². The first-order valence-corrected chi connectivity index (χ1v) is 6.84. The first-order valence-electron chi connectivity index (χ1n) is 5.28. The molecule has 2 nitrogen and oxygen atoms in total. The summed E-state index contributed by atoms with van der Waals surface area (Å²) in [5, 5.41) is 0. The van der Waals surface area contributed by atoms with Crippen molar-refractivity contribution in [2.24, 2.45) is 0 Å². The minimum atomic E-state index is -1.05. The van der Waals surface area contributed by atoms with Crippen molar-refractivity contribution in [3.05, 3.63) is 60.2 Å². The van der Waals surface area contributed by atoms with Gasteiger partial charge in [0, 0.05) is 6.07 Å². The second kappa shape index (κ2) is 5.75. The molecule has 2 aromatic carbocycles. The van der Waals surface area contributed by atoms with Crippen LogP contribution < -0.4 is 4.74 Å². The van der Waals surface area contributed by atoms with E-state index in [0.717, 1.165) is 5.56 Å². The molecule has 0 aliphatic carbocycles. The summed E-state index contributed by atoms with van der Waals surface area (Å²) in [6, 6.07) is 18.2.